The van der Waals surface area contributed by atoms with Crippen LogP contribution in [-0.4, -0.2) is 19.3 Å². The lowest BCUT2D eigenvalue weighted by atomic mass is 10.1. The Morgan fingerprint density at radius 3 is 2.67 bits per heavy atom. The van der Waals surface area contributed by atoms with Gasteiger partial charge in [-0.15, -0.1) is 0 Å². The lowest BCUT2D eigenvalue weighted by Gasteiger charge is -2.14. The van der Waals surface area contributed by atoms with Gasteiger partial charge in [-0.1, -0.05) is 28.1 Å². The fraction of sp³-hybridized carbons (Fsp3) is 0.250. The predicted molar refractivity (Wildman–Crippen MR) is 86.8 cm³/mol. The van der Waals surface area contributed by atoms with Gasteiger partial charge in [-0.2, -0.15) is 0 Å². The number of phenols is 1. The molecule has 0 saturated carbocycles. The zero-order valence-electron chi connectivity index (χ0n) is 12.0. The van der Waals surface area contributed by atoms with Gasteiger partial charge in [-0.25, -0.2) is 0 Å². The number of phenolic OH excluding ortho intramolecular Hbond substituents is 1. The molecule has 0 aromatic heterocycles. The Morgan fingerprint density at radius 2 is 2.00 bits per heavy atom. The minimum Gasteiger partial charge on any atom is -0.504 e. The molecular formula is C16H18BrNO3. The van der Waals surface area contributed by atoms with Gasteiger partial charge in [0.1, 0.15) is 0 Å². The quantitative estimate of drug-likeness (QED) is 0.827. The molecule has 0 aliphatic heterocycles. The molecule has 0 aliphatic carbocycles. The van der Waals surface area contributed by atoms with Crippen LogP contribution in [0, 0.1) is 0 Å². The first-order valence-corrected chi connectivity index (χ1v) is 7.31. The first kappa shape index (κ1) is 15.7. The van der Waals surface area contributed by atoms with E-state index in [1.807, 2.05) is 24.3 Å². The zero-order chi connectivity index (χ0) is 15.2. The molecule has 0 spiro atoms. The smallest absolute Gasteiger partial charge is 0.160 e. The number of halogens is 1. The second kappa shape index (κ2) is 7.33. The van der Waals surface area contributed by atoms with Gasteiger partial charge in [0.05, 0.1) is 13.7 Å². The highest BCUT2D eigenvalue weighted by Crippen LogP contribution is 2.28. The van der Waals surface area contributed by atoms with Crippen LogP contribution in [0.4, 0.5) is 5.69 Å². The highest BCUT2D eigenvalue weighted by molar-refractivity contribution is 9.10. The third-order valence-corrected chi connectivity index (χ3v) is 3.88. The molecule has 112 valence electrons. The van der Waals surface area contributed by atoms with E-state index < -0.39 is 0 Å². The molecule has 0 unspecified atom stereocenters. The van der Waals surface area contributed by atoms with Gasteiger partial charge in [0, 0.05) is 29.4 Å². The summed E-state index contributed by atoms with van der Waals surface area (Å²) < 4.78 is 11.3. The maximum absolute atomic E-state index is 9.79. The fourth-order valence-corrected chi connectivity index (χ4v) is 2.54. The van der Waals surface area contributed by atoms with E-state index in [1.165, 1.54) is 7.11 Å². The van der Waals surface area contributed by atoms with Crippen molar-refractivity contribution in [1.29, 1.82) is 0 Å². The average Bonchev–Trinajstić information content (AvgIpc) is 2.48. The molecule has 2 aromatic rings. The summed E-state index contributed by atoms with van der Waals surface area (Å²) in [6.07, 6.45) is 0. The number of rotatable bonds is 6. The van der Waals surface area contributed by atoms with Crippen LogP contribution in [0.5, 0.6) is 11.5 Å². The number of hydrogen-bond acceptors (Lipinski definition) is 4. The second-order valence-electron chi connectivity index (χ2n) is 4.56. The van der Waals surface area contributed by atoms with Gasteiger partial charge in [-0.3, -0.25) is 0 Å². The minimum absolute atomic E-state index is 0.142. The van der Waals surface area contributed by atoms with E-state index >= 15 is 0 Å². The Labute approximate surface area is 132 Å². The van der Waals surface area contributed by atoms with Gasteiger partial charge in [0.15, 0.2) is 11.5 Å². The first-order chi connectivity index (χ1) is 10.2. The monoisotopic (exact) mass is 351 g/mol. The Kier molecular flexibility index (Phi) is 5.47. The number of ether oxygens (including phenoxy) is 2. The Hall–Kier alpha value is -1.72. The van der Waals surface area contributed by atoms with Crippen LogP contribution >= 0.6 is 15.9 Å². The molecule has 5 heteroatoms. The maximum atomic E-state index is 9.79. The number of nitrogens with one attached hydrogen (secondary N) is 1. The molecule has 0 amide bonds. The molecule has 0 fully saturated rings. The maximum Gasteiger partial charge on any atom is 0.160 e. The topological polar surface area (TPSA) is 50.7 Å². The van der Waals surface area contributed by atoms with Crippen molar-refractivity contribution in [2.45, 2.75) is 13.2 Å². The Balaban J connectivity index is 2.13. The van der Waals surface area contributed by atoms with Gasteiger partial charge in [0.25, 0.3) is 0 Å². The highest BCUT2D eigenvalue weighted by Gasteiger charge is 2.07. The van der Waals surface area contributed by atoms with Crippen LogP contribution in [-0.2, 0) is 17.9 Å². The Bertz CT molecular complexity index is 616. The number of hydrogen-bond donors (Lipinski definition) is 2. The van der Waals surface area contributed by atoms with E-state index in [2.05, 4.69) is 21.2 Å². The molecule has 0 atom stereocenters. The zero-order valence-corrected chi connectivity index (χ0v) is 13.6. The highest BCUT2D eigenvalue weighted by atomic mass is 79.9. The average molecular weight is 352 g/mol. The molecule has 0 radical (unpaired) electrons. The van der Waals surface area contributed by atoms with Crippen LogP contribution in [0.2, 0.25) is 0 Å². The van der Waals surface area contributed by atoms with Crippen LogP contribution in [0.25, 0.3) is 0 Å². The third kappa shape index (κ3) is 3.89. The number of methoxy groups -OCH3 is 2. The summed E-state index contributed by atoms with van der Waals surface area (Å²) in [5.74, 6) is 0.615. The summed E-state index contributed by atoms with van der Waals surface area (Å²) in [6, 6.07) is 11.3. The van der Waals surface area contributed by atoms with Crippen molar-refractivity contribution >= 4 is 21.6 Å². The molecule has 2 rings (SSSR count). The number of benzene rings is 2. The molecule has 2 N–H and O–H groups in total. The van der Waals surface area contributed by atoms with Gasteiger partial charge in [0.2, 0.25) is 0 Å². The minimum atomic E-state index is 0.142. The fourth-order valence-electron chi connectivity index (χ4n) is 2.06. The van der Waals surface area contributed by atoms with Crippen molar-refractivity contribution in [2.24, 2.45) is 0 Å². The largest absolute Gasteiger partial charge is 0.504 e. The molecular weight excluding hydrogens is 334 g/mol. The van der Waals surface area contributed by atoms with Crippen molar-refractivity contribution in [3.05, 3.63) is 52.0 Å². The van der Waals surface area contributed by atoms with Crippen LogP contribution in [0.15, 0.2) is 40.9 Å². The van der Waals surface area contributed by atoms with Crippen molar-refractivity contribution in [1.82, 2.24) is 0 Å². The van der Waals surface area contributed by atoms with Crippen LogP contribution in [0.1, 0.15) is 11.1 Å². The van der Waals surface area contributed by atoms with Crippen LogP contribution in [0.3, 0.4) is 0 Å². The standard InChI is InChI=1S/C16H18BrNO3/c1-20-10-12-13(17)4-3-5-14(12)18-9-11-6-7-16(21-2)15(19)8-11/h3-8,18-19H,9-10H2,1-2H3. The third-order valence-electron chi connectivity index (χ3n) is 3.13. The van der Waals surface area contributed by atoms with Crippen molar-refractivity contribution in [2.75, 3.05) is 19.5 Å². The number of aromatic hydroxyl groups is 1. The normalized spacial score (nSPS) is 10.4. The summed E-state index contributed by atoms with van der Waals surface area (Å²) in [6.45, 7) is 1.13. The van der Waals surface area contributed by atoms with Gasteiger partial charge < -0.3 is 19.9 Å². The van der Waals surface area contributed by atoms with E-state index in [0.29, 0.717) is 18.9 Å². The van der Waals surface area contributed by atoms with Crippen molar-refractivity contribution in [3.63, 3.8) is 0 Å². The summed E-state index contributed by atoms with van der Waals surface area (Å²) in [4.78, 5) is 0. The van der Waals surface area contributed by atoms with Gasteiger partial charge in [-0.05, 0) is 29.8 Å². The van der Waals surface area contributed by atoms with E-state index in [-0.39, 0.29) is 5.75 Å². The molecule has 0 saturated heterocycles. The van der Waals surface area contributed by atoms with E-state index in [0.717, 1.165) is 21.3 Å². The number of anilines is 1. The molecule has 21 heavy (non-hydrogen) atoms. The summed E-state index contributed by atoms with van der Waals surface area (Å²) in [7, 11) is 3.20. The van der Waals surface area contributed by atoms with Gasteiger partial charge >= 0.3 is 0 Å². The summed E-state index contributed by atoms with van der Waals surface area (Å²) in [5.41, 5.74) is 3.04. The van der Waals surface area contributed by atoms with Crippen molar-refractivity contribution in [3.8, 4) is 11.5 Å². The lowest BCUT2D eigenvalue weighted by molar-refractivity contribution is 0.185. The van der Waals surface area contributed by atoms with Crippen LogP contribution < -0.4 is 10.1 Å². The molecule has 2 aromatic carbocycles. The molecule has 0 aliphatic rings. The SMILES string of the molecule is COCc1c(Br)cccc1NCc1ccc(OC)c(O)c1. The second-order valence-corrected chi connectivity index (χ2v) is 5.41. The summed E-state index contributed by atoms with van der Waals surface area (Å²) in [5, 5.41) is 13.1. The van der Waals surface area contributed by atoms with E-state index in [1.54, 1.807) is 19.2 Å². The first-order valence-electron chi connectivity index (χ1n) is 6.51. The Morgan fingerprint density at radius 1 is 1.19 bits per heavy atom. The summed E-state index contributed by atoms with van der Waals surface area (Å²) >= 11 is 3.53. The predicted octanol–water partition coefficient (Wildman–Crippen LogP) is 3.92. The molecule has 0 heterocycles. The van der Waals surface area contributed by atoms with Crippen molar-refractivity contribution < 1.29 is 14.6 Å². The van der Waals surface area contributed by atoms with E-state index in [4.69, 9.17) is 9.47 Å². The lowest BCUT2D eigenvalue weighted by Crippen LogP contribution is -2.04. The molecule has 4 nitrogen and oxygen atoms in total. The van der Waals surface area contributed by atoms with E-state index in [9.17, 15) is 5.11 Å². The molecule has 0 bridgehead atoms.